The first-order valence-electron chi connectivity index (χ1n) is 9.39. The average molecular weight is 389 g/mol. The molecule has 148 valence electrons. The Kier molecular flexibility index (Phi) is 6.34. The molecule has 0 saturated heterocycles. The summed E-state index contributed by atoms with van der Waals surface area (Å²) in [5.74, 6) is -0.912. The predicted octanol–water partition coefficient (Wildman–Crippen LogP) is 2.73. The van der Waals surface area contributed by atoms with Gasteiger partial charge in [0.15, 0.2) is 5.78 Å². The van der Waals surface area contributed by atoms with E-state index in [4.69, 9.17) is 0 Å². The van der Waals surface area contributed by atoms with Crippen LogP contribution < -0.4 is 10.6 Å². The number of Topliss-reactive ketones (excluding diaryl/α,β-unsaturated/α-hetero) is 1. The summed E-state index contributed by atoms with van der Waals surface area (Å²) < 4.78 is 0. The minimum Gasteiger partial charge on any atom is -0.344 e. The summed E-state index contributed by atoms with van der Waals surface area (Å²) in [4.78, 5) is 41.0. The lowest BCUT2D eigenvalue weighted by atomic mass is 10.00. The first kappa shape index (κ1) is 20.2. The lowest BCUT2D eigenvalue weighted by Gasteiger charge is -2.22. The molecule has 0 aliphatic heterocycles. The number of aromatic nitrogens is 1. The topological polar surface area (TPSA) is 88.2 Å². The van der Waals surface area contributed by atoms with Crippen LogP contribution in [0.5, 0.6) is 0 Å². The highest BCUT2D eigenvalue weighted by Gasteiger charge is 2.26. The number of hydrogen-bond donors (Lipinski definition) is 2. The molecule has 0 fully saturated rings. The molecule has 0 bridgehead atoms. The molecule has 2 N–H and O–H groups in total. The van der Waals surface area contributed by atoms with Gasteiger partial charge in [0.25, 0.3) is 0 Å². The first-order chi connectivity index (χ1) is 13.9. The van der Waals surface area contributed by atoms with Crippen LogP contribution in [0.2, 0.25) is 0 Å². The molecule has 6 nitrogen and oxygen atoms in total. The van der Waals surface area contributed by atoms with E-state index in [0.29, 0.717) is 12.0 Å². The van der Waals surface area contributed by atoms with Gasteiger partial charge in [-0.1, -0.05) is 42.5 Å². The lowest BCUT2D eigenvalue weighted by molar-refractivity contribution is -0.130. The fourth-order valence-electron chi connectivity index (χ4n) is 3.19. The van der Waals surface area contributed by atoms with Gasteiger partial charge in [0.2, 0.25) is 11.8 Å². The van der Waals surface area contributed by atoms with Gasteiger partial charge in [-0.25, -0.2) is 0 Å². The van der Waals surface area contributed by atoms with E-state index in [1.807, 2.05) is 48.5 Å². The lowest BCUT2D eigenvalue weighted by Crippen LogP contribution is -2.47. The molecule has 0 spiro atoms. The monoisotopic (exact) mass is 389 g/mol. The fraction of sp³-hybridized carbons (Fsp3) is 0.217. The number of nitrogens with zero attached hydrogens (tertiary/aromatic N) is 1. The maximum atomic E-state index is 13.0. The molecule has 3 aromatic rings. The van der Waals surface area contributed by atoms with Crippen LogP contribution in [0.4, 0.5) is 0 Å². The number of ketones is 1. The maximum Gasteiger partial charge on any atom is 0.247 e. The van der Waals surface area contributed by atoms with Crippen molar-refractivity contribution in [2.75, 3.05) is 0 Å². The second kappa shape index (κ2) is 9.10. The summed E-state index contributed by atoms with van der Waals surface area (Å²) in [6, 6.07) is 15.3. The molecule has 1 heterocycles. The Hall–Kier alpha value is -3.54. The third-order valence-corrected chi connectivity index (χ3v) is 4.70. The van der Waals surface area contributed by atoms with Crippen LogP contribution in [0.1, 0.15) is 31.0 Å². The highest BCUT2D eigenvalue weighted by molar-refractivity contribution is 5.93. The van der Waals surface area contributed by atoms with Crippen LogP contribution in [0.25, 0.3) is 10.8 Å². The second-order valence-corrected chi connectivity index (χ2v) is 6.98. The van der Waals surface area contributed by atoms with E-state index in [9.17, 15) is 14.4 Å². The number of pyridine rings is 1. The zero-order valence-electron chi connectivity index (χ0n) is 16.4. The molecule has 29 heavy (non-hydrogen) atoms. The molecular weight excluding hydrogens is 366 g/mol. The number of benzene rings is 2. The fourth-order valence-corrected chi connectivity index (χ4v) is 3.19. The third kappa shape index (κ3) is 5.25. The van der Waals surface area contributed by atoms with Crippen molar-refractivity contribution in [2.45, 2.75) is 32.4 Å². The molecular formula is C23H23N3O3. The Bertz CT molecular complexity index is 1030. The van der Waals surface area contributed by atoms with Crippen LogP contribution in [0, 0.1) is 0 Å². The van der Waals surface area contributed by atoms with Crippen molar-refractivity contribution in [3.8, 4) is 0 Å². The van der Waals surface area contributed by atoms with Crippen molar-refractivity contribution >= 4 is 28.4 Å². The van der Waals surface area contributed by atoms with Crippen molar-refractivity contribution in [2.24, 2.45) is 0 Å². The van der Waals surface area contributed by atoms with Crippen LogP contribution in [0.15, 0.2) is 67.0 Å². The summed E-state index contributed by atoms with van der Waals surface area (Å²) in [6.07, 6.45) is 3.78. The SMILES string of the molecule is CC(=O)NC(C(=O)NC(Cc1ccccc1)C(C)=O)c1ccc2ccncc2c1. The van der Waals surface area contributed by atoms with E-state index in [0.717, 1.165) is 16.3 Å². The van der Waals surface area contributed by atoms with Gasteiger partial charge < -0.3 is 10.6 Å². The first-order valence-corrected chi connectivity index (χ1v) is 9.39. The largest absolute Gasteiger partial charge is 0.344 e. The summed E-state index contributed by atoms with van der Waals surface area (Å²) >= 11 is 0. The van der Waals surface area contributed by atoms with Gasteiger partial charge >= 0.3 is 0 Å². The van der Waals surface area contributed by atoms with E-state index < -0.39 is 18.0 Å². The molecule has 2 unspecified atom stereocenters. The number of carbonyl (C=O) groups is 3. The standard InChI is InChI=1S/C23H23N3O3/c1-15(27)21(12-17-6-4-3-5-7-17)26-23(29)22(25-16(2)28)19-9-8-18-10-11-24-14-20(18)13-19/h3-11,13-14,21-22H,12H2,1-2H3,(H,25,28)(H,26,29). The highest BCUT2D eigenvalue weighted by atomic mass is 16.2. The number of amides is 2. The van der Waals surface area contributed by atoms with Crippen LogP contribution >= 0.6 is 0 Å². The highest BCUT2D eigenvalue weighted by Crippen LogP contribution is 2.20. The molecule has 3 rings (SSSR count). The van der Waals surface area contributed by atoms with Gasteiger partial charge in [-0.2, -0.15) is 0 Å². The molecule has 2 amide bonds. The van der Waals surface area contributed by atoms with Gasteiger partial charge in [0.1, 0.15) is 6.04 Å². The third-order valence-electron chi connectivity index (χ3n) is 4.70. The zero-order valence-corrected chi connectivity index (χ0v) is 16.4. The molecule has 2 aromatic carbocycles. The minimum absolute atomic E-state index is 0.147. The molecule has 1 aromatic heterocycles. The molecule has 6 heteroatoms. The van der Waals surface area contributed by atoms with E-state index in [1.165, 1.54) is 13.8 Å². The Morgan fingerprint density at radius 2 is 1.69 bits per heavy atom. The summed E-state index contributed by atoms with van der Waals surface area (Å²) in [5.41, 5.74) is 1.57. The Morgan fingerprint density at radius 1 is 0.931 bits per heavy atom. The second-order valence-electron chi connectivity index (χ2n) is 6.98. The van der Waals surface area contributed by atoms with E-state index >= 15 is 0 Å². The predicted molar refractivity (Wildman–Crippen MR) is 111 cm³/mol. The molecule has 0 radical (unpaired) electrons. The maximum absolute atomic E-state index is 13.0. The smallest absolute Gasteiger partial charge is 0.247 e. The summed E-state index contributed by atoms with van der Waals surface area (Å²) in [7, 11) is 0. The molecule has 2 atom stereocenters. The van der Waals surface area contributed by atoms with Crippen molar-refractivity contribution in [3.63, 3.8) is 0 Å². The number of rotatable bonds is 7. The van der Waals surface area contributed by atoms with E-state index in [2.05, 4.69) is 15.6 Å². The van der Waals surface area contributed by atoms with Gasteiger partial charge in [-0.05, 0) is 42.0 Å². The Labute approximate surface area is 169 Å². The number of fused-ring (bicyclic) bond motifs is 1. The van der Waals surface area contributed by atoms with Gasteiger partial charge in [-0.15, -0.1) is 0 Å². The van der Waals surface area contributed by atoms with Gasteiger partial charge in [0.05, 0.1) is 6.04 Å². The zero-order chi connectivity index (χ0) is 20.8. The van der Waals surface area contributed by atoms with Crippen molar-refractivity contribution in [1.29, 1.82) is 0 Å². The van der Waals surface area contributed by atoms with E-state index in [1.54, 1.807) is 18.5 Å². The number of carbonyl (C=O) groups excluding carboxylic acids is 3. The van der Waals surface area contributed by atoms with Crippen molar-refractivity contribution < 1.29 is 14.4 Å². The normalized spacial score (nSPS) is 12.8. The van der Waals surface area contributed by atoms with Crippen LogP contribution in [0.3, 0.4) is 0 Å². The average Bonchev–Trinajstić information content (AvgIpc) is 2.71. The minimum atomic E-state index is -0.908. The molecule has 0 saturated carbocycles. The number of nitrogens with one attached hydrogen (secondary N) is 2. The van der Waals surface area contributed by atoms with E-state index in [-0.39, 0.29) is 11.7 Å². The van der Waals surface area contributed by atoms with Gasteiger partial charge in [-0.3, -0.25) is 19.4 Å². The van der Waals surface area contributed by atoms with Crippen molar-refractivity contribution in [3.05, 3.63) is 78.1 Å². The summed E-state index contributed by atoms with van der Waals surface area (Å²) in [6.45, 7) is 2.80. The number of hydrogen-bond acceptors (Lipinski definition) is 4. The van der Waals surface area contributed by atoms with Crippen molar-refractivity contribution in [1.82, 2.24) is 15.6 Å². The van der Waals surface area contributed by atoms with Gasteiger partial charge in [0, 0.05) is 24.7 Å². The van der Waals surface area contributed by atoms with Crippen LogP contribution in [-0.2, 0) is 20.8 Å². The molecule has 0 aliphatic rings. The molecule has 0 aliphatic carbocycles. The quantitative estimate of drug-likeness (QED) is 0.650. The Morgan fingerprint density at radius 3 is 2.38 bits per heavy atom. The Balaban J connectivity index is 1.85. The summed E-state index contributed by atoms with van der Waals surface area (Å²) in [5, 5.41) is 7.33. The van der Waals surface area contributed by atoms with Crippen LogP contribution in [-0.4, -0.2) is 28.6 Å².